The van der Waals surface area contributed by atoms with Crippen LogP contribution in [0.1, 0.15) is 27.0 Å². The van der Waals surface area contributed by atoms with Crippen LogP contribution in [0.15, 0.2) is 79.1 Å². The van der Waals surface area contributed by atoms with Gasteiger partial charge in [0.25, 0.3) is 0 Å². The predicted molar refractivity (Wildman–Crippen MR) is 101 cm³/mol. The SMILES string of the molecule is O=C(OCc1ccccc1)c1ccc(Cc2c[nH]c3ncccc23)cc1. The molecule has 0 aliphatic heterocycles. The van der Waals surface area contributed by atoms with E-state index in [0.29, 0.717) is 5.56 Å². The zero-order valence-electron chi connectivity index (χ0n) is 14.2. The fourth-order valence-corrected chi connectivity index (χ4v) is 2.94. The Bertz CT molecular complexity index is 1020. The van der Waals surface area contributed by atoms with E-state index in [1.54, 1.807) is 6.20 Å². The van der Waals surface area contributed by atoms with Gasteiger partial charge in [0.1, 0.15) is 12.3 Å². The zero-order chi connectivity index (χ0) is 17.8. The summed E-state index contributed by atoms with van der Waals surface area (Å²) in [5.74, 6) is -0.309. The number of carbonyl (C=O) groups is 1. The number of nitrogens with zero attached hydrogens (tertiary/aromatic N) is 1. The summed E-state index contributed by atoms with van der Waals surface area (Å²) in [7, 11) is 0. The molecule has 2 aromatic heterocycles. The normalized spacial score (nSPS) is 10.8. The summed E-state index contributed by atoms with van der Waals surface area (Å²) >= 11 is 0. The smallest absolute Gasteiger partial charge is 0.338 e. The number of hydrogen-bond donors (Lipinski definition) is 1. The minimum Gasteiger partial charge on any atom is -0.457 e. The van der Waals surface area contributed by atoms with Crippen LogP contribution in [-0.2, 0) is 17.8 Å². The number of esters is 1. The second-order valence-electron chi connectivity index (χ2n) is 6.15. The molecule has 4 rings (SSSR count). The molecular formula is C22H18N2O2. The van der Waals surface area contributed by atoms with E-state index in [-0.39, 0.29) is 12.6 Å². The molecular weight excluding hydrogens is 324 g/mol. The number of pyridine rings is 1. The average molecular weight is 342 g/mol. The lowest BCUT2D eigenvalue weighted by atomic mass is 10.0. The van der Waals surface area contributed by atoms with Gasteiger partial charge >= 0.3 is 5.97 Å². The fourth-order valence-electron chi connectivity index (χ4n) is 2.94. The van der Waals surface area contributed by atoms with Crippen molar-refractivity contribution in [1.29, 1.82) is 0 Å². The lowest BCUT2D eigenvalue weighted by Gasteiger charge is -2.06. The minimum absolute atomic E-state index is 0.282. The van der Waals surface area contributed by atoms with E-state index in [9.17, 15) is 4.79 Å². The topological polar surface area (TPSA) is 55.0 Å². The Morgan fingerprint density at radius 3 is 2.54 bits per heavy atom. The van der Waals surface area contributed by atoms with Crippen molar-refractivity contribution in [3.63, 3.8) is 0 Å². The molecule has 0 amide bonds. The molecule has 4 heteroatoms. The number of rotatable bonds is 5. The van der Waals surface area contributed by atoms with E-state index in [1.807, 2.05) is 66.9 Å². The Hall–Kier alpha value is -3.40. The van der Waals surface area contributed by atoms with E-state index in [1.165, 1.54) is 5.56 Å². The second-order valence-corrected chi connectivity index (χ2v) is 6.15. The van der Waals surface area contributed by atoms with Crippen LogP contribution < -0.4 is 0 Å². The number of carbonyl (C=O) groups excluding carboxylic acids is 1. The third kappa shape index (κ3) is 3.49. The molecule has 4 aromatic rings. The molecule has 0 saturated heterocycles. The zero-order valence-corrected chi connectivity index (χ0v) is 14.2. The molecule has 0 aliphatic rings. The van der Waals surface area contributed by atoms with Crippen LogP contribution in [0.2, 0.25) is 0 Å². The standard InChI is InChI=1S/C22H18N2O2/c25-22(26-15-17-5-2-1-3-6-17)18-10-8-16(9-11-18)13-19-14-24-21-20(19)7-4-12-23-21/h1-12,14H,13,15H2,(H,23,24). The molecule has 1 N–H and O–H groups in total. The van der Waals surface area contributed by atoms with Gasteiger partial charge in [0.15, 0.2) is 0 Å². The third-order valence-corrected chi connectivity index (χ3v) is 4.33. The molecule has 26 heavy (non-hydrogen) atoms. The fraction of sp³-hybridized carbons (Fsp3) is 0.0909. The molecule has 0 saturated carbocycles. The maximum absolute atomic E-state index is 12.2. The number of fused-ring (bicyclic) bond motifs is 1. The Morgan fingerprint density at radius 2 is 1.73 bits per heavy atom. The van der Waals surface area contributed by atoms with E-state index < -0.39 is 0 Å². The van der Waals surface area contributed by atoms with Gasteiger partial charge in [-0.25, -0.2) is 9.78 Å². The van der Waals surface area contributed by atoms with E-state index in [2.05, 4.69) is 16.0 Å². The summed E-state index contributed by atoms with van der Waals surface area (Å²) in [4.78, 5) is 19.7. The van der Waals surface area contributed by atoms with E-state index >= 15 is 0 Å². The van der Waals surface area contributed by atoms with Gasteiger partial charge < -0.3 is 9.72 Å². The van der Waals surface area contributed by atoms with Crippen molar-refractivity contribution in [1.82, 2.24) is 9.97 Å². The van der Waals surface area contributed by atoms with Gasteiger partial charge in [-0.1, -0.05) is 42.5 Å². The molecule has 0 atom stereocenters. The van der Waals surface area contributed by atoms with Crippen LogP contribution in [0.5, 0.6) is 0 Å². The highest BCUT2D eigenvalue weighted by molar-refractivity contribution is 5.89. The van der Waals surface area contributed by atoms with Crippen molar-refractivity contribution in [2.75, 3.05) is 0 Å². The average Bonchev–Trinajstić information content (AvgIpc) is 3.10. The summed E-state index contributed by atoms with van der Waals surface area (Å²) in [6, 6.07) is 21.2. The summed E-state index contributed by atoms with van der Waals surface area (Å²) in [6.07, 6.45) is 4.54. The first-order chi connectivity index (χ1) is 12.8. The van der Waals surface area contributed by atoms with Gasteiger partial charge in [-0.05, 0) is 47.4 Å². The van der Waals surface area contributed by atoms with Gasteiger partial charge in [-0.3, -0.25) is 0 Å². The summed E-state index contributed by atoms with van der Waals surface area (Å²) in [5, 5.41) is 1.12. The Balaban J connectivity index is 1.42. The van der Waals surface area contributed by atoms with Gasteiger partial charge in [0.2, 0.25) is 0 Å². The number of hydrogen-bond acceptors (Lipinski definition) is 3. The molecule has 0 spiro atoms. The summed E-state index contributed by atoms with van der Waals surface area (Å²) in [5.41, 5.74) is 4.75. The lowest BCUT2D eigenvalue weighted by Crippen LogP contribution is -2.05. The summed E-state index contributed by atoms with van der Waals surface area (Å²) in [6.45, 7) is 0.282. The van der Waals surface area contributed by atoms with Crippen LogP contribution in [0, 0.1) is 0 Å². The first kappa shape index (κ1) is 16.1. The van der Waals surface area contributed by atoms with Crippen molar-refractivity contribution in [3.8, 4) is 0 Å². The number of ether oxygens (including phenoxy) is 1. The Kier molecular flexibility index (Phi) is 4.48. The van der Waals surface area contributed by atoms with Gasteiger partial charge in [0.05, 0.1) is 5.56 Å². The number of aromatic nitrogens is 2. The van der Waals surface area contributed by atoms with Gasteiger partial charge in [0, 0.05) is 17.8 Å². The van der Waals surface area contributed by atoms with Gasteiger partial charge in [-0.2, -0.15) is 0 Å². The molecule has 0 radical (unpaired) electrons. The molecule has 0 bridgehead atoms. The Morgan fingerprint density at radius 1 is 0.923 bits per heavy atom. The van der Waals surface area contributed by atoms with Crippen molar-refractivity contribution in [2.45, 2.75) is 13.0 Å². The highest BCUT2D eigenvalue weighted by Crippen LogP contribution is 2.19. The van der Waals surface area contributed by atoms with E-state index in [0.717, 1.165) is 28.6 Å². The molecule has 2 aromatic carbocycles. The molecule has 0 unspecified atom stereocenters. The molecule has 2 heterocycles. The largest absolute Gasteiger partial charge is 0.457 e. The summed E-state index contributed by atoms with van der Waals surface area (Å²) < 4.78 is 5.37. The van der Waals surface area contributed by atoms with Crippen LogP contribution in [0.4, 0.5) is 0 Å². The quantitative estimate of drug-likeness (QED) is 0.543. The third-order valence-electron chi connectivity index (χ3n) is 4.33. The maximum atomic E-state index is 12.2. The molecule has 4 nitrogen and oxygen atoms in total. The number of aromatic amines is 1. The minimum atomic E-state index is -0.309. The number of benzene rings is 2. The monoisotopic (exact) mass is 342 g/mol. The van der Waals surface area contributed by atoms with Crippen LogP contribution in [0.3, 0.4) is 0 Å². The van der Waals surface area contributed by atoms with Crippen LogP contribution in [0.25, 0.3) is 11.0 Å². The maximum Gasteiger partial charge on any atom is 0.338 e. The predicted octanol–water partition coefficient (Wildman–Crippen LogP) is 4.51. The van der Waals surface area contributed by atoms with Gasteiger partial charge in [-0.15, -0.1) is 0 Å². The van der Waals surface area contributed by atoms with Crippen molar-refractivity contribution < 1.29 is 9.53 Å². The van der Waals surface area contributed by atoms with Crippen molar-refractivity contribution in [3.05, 3.63) is 101 Å². The second kappa shape index (κ2) is 7.23. The first-order valence-electron chi connectivity index (χ1n) is 8.50. The molecule has 0 fully saturated rings. The molecule has 128 valence electrons. The highest BCUT2D eigenvalue weighted by Gasteiger charge is 2.09. The van der Waals surface area contributed by atoms with E-state index in [4.69, 9.17) is 4.74 Å². The Labute approximate surface area is 151 Å². The van der Waals surface area contributed by atoms with Crippen LogP contribution >= 0.6 is 0 Å². The lowest BCUT2D eigenvalue weighted by molar-refractivity contribution is 0.0472. The molecule has 0 aliphatic carbocycles. The van der Waals surface area contributed by atoms with Crippen molar-refractivity contribution in [2.24, 2.45) is 0 Å². The van der Waals surface area contributed by atoms with Crippen LogP contribution in [-0.4, -0.2) is 15.9 Å². The highest BCUT2D eigenvalue weighted by atomic mass is 16.5. The first-order valence-corrected chi connectivity index (χ1v) is 8.50. The number of nitrogens with one attached hydrogen (secondary N) is 1. The van der Waals surface area contributed by atoms with Crippen molar-refractivity contribution >= 4 is 17.0 Å². The number of H-pyrrole nitrogens is 1.